The summed E-state index contributed by atoms with van der Waals surface area (Å²) in [6.07, 6.45) is 0. The molecule has 1 aromatic heterocycles. The van der Waals surface area contributed by atoms with Gasteiger partial charge in [-0.1, -0.05) is 11.3 Å². The van der Waals surface area contributed by atoms with Gasteiger partial charge in [0, 0.05) is 26.2 Å². The van der Waals surface area contributed by atoms with E-state index in [-0.39, 0.29) is 6.54 Å². The summed E-state index contributed by atoms with van der Waals surface area (Å²) in [7, 11) is 0. The second-order valence-corrected chi connectivity index (χ2v) is 4.92. The first kappa shape index (κ1) is 11.3. The van der Waals surface area contributed by atoms with Crippen LogP contribution in [0.1, 0.15) is 5.01 Å². The van der Waals surface area contributed by atoms with Crippen molar-refractivity contribution in [2.24, 2.45) is 0 Å². The average Bonchev–Trinajstić information content (AvgIpc) is 2.65. The number of hydrogen-bond donors (Lipinski definition) is 1. The van der Waals surface area contributed by atoms with Crippen molar-refractivity contribution in [2.75, 3.05) is 37.6 Å². The minimum absolute atomic E-state index is 0.128. The van der Waals surface area contributed by atoms with E-state index in [1.807, 2.05) is 11.8 Å². The third kappa shape index (κ3) is 2.67. The van der Waals surface area contributed by atoms with Crippen LogP contribution in [0.2, 0.25) is 0 Å². The maximum absolute atomic E-state index is 10.5. The molecule has 2 rings (SSSR count). The lowest BCUT2D eigenvalue weighted by Crippen LogP contribution is -2.47. The lowest BCUT2D eigenvalue weighted by Gasteiger charge is -2.33. The van der Waals surface area contributed by atoms with Crippen molar-refractivity contribution in [3.63, 3.8) is 0 Å². The predicted molar refractivity (Wildman–Crippen MR) is 60.9 cm³/mol. The fourth-order valence-electron chi connectivity index (χ4n) is 1.70. The zero-order chi connectivity index (χ0) is 11.5. The summed E-state index contributed by atoms with van der Waals surface area (Å²) in [5.74, 6) is -0.764. The molecule has 1 N–H and O–H groups in total. The summed E-state index contributed by atoms with van der Waals surface area (Å²) in [4.78, 5) is 14.6. The van der Waals surface area contributed by atoms with E-state index in [4.69, 9.17) is 5.11 Å². The molecule has 1 saturated heterocycles. The van der Waals surface area contributed by atoms with E-state index in [0.29, 0.717) is 0 Å². The third-order valence-corrected chi connectivity index (χ3v) is 3.42. The van der Waals surface area contributed by atoms with Gasteiger partial charge in [-0.3, -0.25) is 9.69 Å². The Bertz CT molecular complexity index is 373. The van der Waals surface area contributed by atoms with Gasteiger partial charge in [0.15, 0.2) is 0 Å². The standard InChI is InChI=1S/C9H14N4O2S/c1-7-10-11-9(16-7)13-4-2-12(3-5-13)6-8(14)15/h2-6H2,1H3,(H,14,15). The van der Waals surface area contributed by atoms with Crippen LogP contribution in [0, 0.1) is 6.92 Å². The van der Waals surface area contributed by atoms with Gasteiger partial charge in [-0.15, -0.1) is 10.2 Å². The monoisotopic (exact) mass is 242 g/mol. The fraction of sp³-hybridized carbons (Fsp3) is 0.667. The number of piperazine rings is 1. The number of anilines is 1. The quantitative estimate of drug-likeness (QED) is 0.808. The Labute approximate surface area is 97.5 Å². The SMILES string of the molecule is Cc1nnc(N2CCN(CC(=O)O)CC2)s1. The molecule has 1 aliphatic heterocycles. The Hall–Kier alpha value is -1.21. The molecular weight excluding hydrogens is 228 g/mol. The molecule has 0 aliphatic carbocycles. The summed E-state index contributed by atoms with van der Waals surface area (Å²) < 4.78 is 0. The van der Waals surface area contributed by atoms with Gasteiger partial charge in [-0.25, -0.2) is 0 Å². The van der Waals surface area contributed by atoms with Gasteiger partial charge in [0.25, 0.3) is 0 Å². The van der Waals surface area contributed by atoms with Crippen molar-refractivity contribution in [1.29, 1.82) is 0 Å². The molecule has 0 radical (unpaired) electrons. The zero-order valence-corrected chi connectivity index (χ0v) is 9.90. The Morgan fingerprint density at radius 3 is 2.56 bits per heavy atom. The molecule has 1 fully saturated rings. The number of aryl methyl sites for hydroxylation is 1. The van der Waals surface area contributed by atoms with Crippen molar-refractivity contribution in [2.45, 2.75) is 6.92 Å². The zero-order valence-electron chi connectivity index (χ0n) is 9.09. The first-order valence-electron chi connectivity index (χ1n) is 5.14. The molecule has 16 heavy (non-hydrogen) atoms. The molecule has 0 unspecified atom stereocenters. The Kier molecular flexibility index (Phi) is 3.35. The maximum atomic E-state index is 10.5. The second kappa shape index (κ2) is 4.75. The summed E-state index contributed by atoms with van der Waals surface area (Å²) in [6.45, 7) is 5.24. The lowest BCUT2D eigenvalue weighted by molar-refractivity contribution is -0.138. The molecule has 0 atom stereocenters. The van der Waals surface area contributed by atoms with Crippen LogP contribution in [0.15, 0.2) is 0 Å². The molecule has 0 amide bonds. The minimum Gasteiger partial charge on any atom is -0.480 e. The van der Waals surface area contributed by atoms with E-state index in [1.54, 1.807) is 11.3 Å². The number of aromatic nitrogens is 2. The molecule has 0 bridgehead atoms. The number of carboxylic acids is 1. The topological polar surface area (TPSA) is 69.6 Å². The van der Waals surface area contributed by atoms with E-state index in [9.17, 15) is 4.79 Å². The fourth-order valence-corrected chi connectivity index (χ4v) is 2.44. The molecule has 7 heteroatoms. The Balaban J connectivity index is 1.87. The Morgan fingerprint density at radius 2 is 2.06 bits per heavy atom. The van der Waals surface area contributed by atoms with Gasteiger partial charge < -0.3 is 10.0 Å². The van der Waals surface area contributed by atoms with E-state index in [2.05, 4.69) is 15.1 Å². The third-order valence-electron chi connectivity index (χ3n) is 2.52. The van der Waals surface area contributed by atoms with Crippen LogP contribution in [0.25, 0.3) is 0 Å². The molecule has 0 saturated carbocycles. The molecule has 1 aromatic rings. The summed E-state index contributed by atoms with van der Waals surface area (Å²) in [5.41, 5.74) is 0. The molecular formula is C9H14N4O2S. The smallest absolute Gasteiger partial charge is 0.317 e. The second-order valence-electron chi connectivity index (χ2n) is 3.76. The van der Waals surface area contributed by atoms with E-state index < -0.39 is 5.97 Å². The highest BCUT2D eigenvalue weighted by Gasteiger charge is 2.20. The van der Waals surface area contributed by atoms with Crippen LogP contribution >= 0.6 is 11.3 Å². The summed E-state index contributed by atoms with van der Waals surface area (Å²) >= 11 is 1.58. The molecule has 0 spiro atoms. The van der Waals surface area contributed by atoms with Gasteiger partial charge in [0.05, 0.1) is 6.54 Å². The highest BCUT2D eigenvalue weighted by molar-refractivity contribution is 7.15. The van der Waals surface area contributed by atoms with Crippen LogP contribution in [-0.4, -0.2) is 58.9 Å². The highest BCUT2D eigenvalue weighted by Crippen LogP contribution is 2.20. The summed E-state index contributed by atoms with van der Waals surface area (Å²) in [5, 5.41) is 18.6. The normalized spacial score (nSPS) is 17.7. The summed E-state index contributed by atoms with van der Waals surface area (Å²) in [6, 6.07) is 0. The molecule has 0 aromatic carbocycles. The van der Waals surface area contributed by atoms with Gasteiger partial charge in [0.1, 0.15) is 5.01 Å². The Morgan fingerprint density at radius 1 is 1.38 bits per heavy atom. The first-order valence-corrected chi connectivity index (χ1v) is 5.96. The van der Waals surface area contributed by atoms with Gasteiger partial charge in [-0.2, -0.15) is 0 Å². The van der Waals surface area contributed by atoms with E-state index in [1.165, 1.54) is 0 Å². The predicted octanol–water partition coefficient (Wildman–Crippen LogP) is 0.0531. The van der Waals surface area contributed by atoms with Crippen LogP contribution < -0.4 is 4.90 Å². The number of hydrogen-bond acceptors (Lipinski definition) is 6. The van der Waals surface area contributed by atoms with Gasteiger partial charge in [0.2, 0.25) is 5.13 Å². The van der Waals surface area contributed by atoms with Crippen molar-refractivity contribution >= 4 is 22.4 Å². The van der Waals surface area contributed by atoms with E-state index in [0.717, 1.165) is 36.3 Å². The van der Waals surface area contributed by atoms with Crippen LogP contribution in [0.5, 0.6) is 0 Å². The molecule has 1 aliphatic rings. The average molecular weight is 242 g/mol. The van der Waals surface area contributed by atoms with Crippen LogP contribution in [0.4, 0.5) is 5.13 Å². The van der Waals surface area contributed by atoms with Crippen molar-refractivity contribution < 1.29 is 9.90 Å². The number of carboxylic acid groups (broad SMARTS) is 1. The largest absolute Gasteiger partial charge is 0.480 e. The minimum atomic E-state index is -0.764. The van der Waals surface area contributed by atoms with Crippen LogP contribution in [0.3, 0.4) is 0 Å². The van der Waals surface area contributed by atoms with Crippen molar-refractivity contribution in [3.05, 3.63) is 5.01 Å². The maximum Gasteiger partial charge on any atom is 0.317 e. The number of aliphatic carboxylic acids is 1. The molecule has 88 valence electrons. The molecule has 6 nitrogen and oxygen atoms in total. The number of rotatable bonds is 3. The number of nitrogens with zero attached hydrogens (tertiary/aromatic N) is 4. The molecule has 2 heterocycles. The lowest BCUT2D eigenvalue weighted by atomic mass is 10.3. The first-order chi connectivity index (χ1) is 7.65. The van der Waals surface area contributed by atoms with Gasteiger partial charge >= 0.3 is 5.97 Å². The van der Waals surface area contributed by atoms with E-state index >= 15 is 0 Å². The van der Waals surface area contributed by atoms with Crippen molar-refractivity contribution in [1.82, 2.24) is 15.1 Å². The van der Waals surface area contributed by atoms with Crippen molar-refractivity contribution in [3.8, 4) is 0 Å². The number of carbonyl (C=O) groups is 1. The highest BCUT2D eigenvalue weighted by atomic mass is 32.1. The van der Waals surface area contributed by atoms with Gasteiger partial charge in [-0.05, 0) is 6.92 Å². The van der Waals surface area contributed by atoms with Crippen LogP contribution in [-0.2, 0) is 4.79 Å².